The Bertz CT molecular complexity index is 379. The summed E-state index contributed by atoms with van der Waals surface area (Å²) in [7, 11) is 0. The van der Waals surface area contributed by atoms with E-state index >= 15 is 0 Å². The van der Waals surface area contributed by atoms with Crippen molar-refractivity contribution in [1.29, 1.82) is 0 Å². The normalized spacial score (nSPS) is 10.9. The summed E-state index contributed by atoms with van der Waals surface area (Å²) >= 11 is 0. The van der Waals surface area contributed by atoms with Crippen molar-refractivity contribution < 1.29 is 14.3 Å². The summed E-state index contributed by atoms with van der Waals surface area (Å²) in [6.45, 7) is 5.29. The first-order valence-corrected chi connectivity index (χ1v) is 5.03. The van der Waals surface area contributed by atoms with Gasteiger partial charge in [-0.1, -0.05) is 0 Å². The summed E-state index contributed by atoms with van der Waals surface area (Å²) in [5.74, 6) is -0.788. The minimum atomic E-state index is -0.563. The van der Waals surface area contributed by atoms with E-state index < -0.39 is 11.6 Å². The van der Waals surface area contributed by atoms with E-state index in [0.29, 0.717) is 5.56 Å². The fraction of sp³-hybridized carbons (Fsp3) is 0.417. The fourth-order valence-electron chi connectivity index (χ4n) is 1.14. The first-order chi connectivity index (χ1) is 7.38. The maximum absolute atomic E-state index is 11.6. The van der Waals surface area contributed by atoms with Crippen LogP contribution in [0.25, 0.3) is 0 Å². The first kappa shape index (κ1) is 12.4. The van der Waals surface area contributed by atoms with Crippen LogP contribution in [0.3, 0.4) is 0 Å². The molecule has 16 heavy (non-hydrogen) atoms. The quantitative estimate of drug-likeness (QED) is 0.445. The van der Waals surface area contributed by atoms with Gasteiger partial charge < -0.3 is 4.74 Å². The Morgan fingerprint density at radius 1 is 1.38 bits per heavy atom. The molecule has 0 amide bonds. The summed E-state index contributed by atoms with van der Waals surface area (Å²) in [4.78, 5) is 26.8. The molecule has 0 saturated heterocycles. The van der Waals surface area contributed by atoms with E-state index in [1.54, 1.807) is 39.1 Å². The Hall–Kier alpha value is -1.71. The van der Waals surface area contributed by atoms with Crippen molar-refractivity contribution in [2.24, 2.45) is 0 Å². The molecule has 0 atom stereocenters. The standard InChI is InChI=1S/C12H15NO3/c1-12(2,3)16-11(15)7-10(14)9-5-4-6-13-8-9/h4-6,8H,7H2,1-3H3. The van der Waals surface area contributed by atoms with Crippen molar-refractivity contribution >= 4 is 11.8 Å². The highest BCUT2D eigenvalue weighted by atomic mass is 16.6. The number of hydrogen-bond donors (Lipinski definition) is 0. The number of ether oxygens (including phenoxy) is 1. The van der Waals surface area contributed by atoms with Gasteiger partial charge in [0, 0.05) is 18.0 Å². The molecule has 0 aliphatic rings. The fourth-order valence-corrected chi connectivity index (χ4v) is 1.14. The molecule has 0 aliphatic heterocycles. The van der Waals surface area contributed by atoms with Crippen molar-refractivity contribution in [1.82, 2.24) is 4.98 Å². The van der Waals surface area contributed by atoms with Gasteiger partial charge in [-0.05, 0) is 32.9 Å². The van der Waals surface area contributed by atoms with E-state index in [-0.39, 0.29) is 12.2 Å². The minimum Gasteiger partial charge on any atom is -0.460 e. The van der Waals surface area contributed by atoms with Gasteiger partial charge in [0.1, 0.15) is 12.0 Å². The molecular formula is C12H15NO3. The van der Waals surface area contributed by atoms with Crippen LogP contribution >= 0.6 is 0 Å². The lowest BCUT2D eigenvalue weighted by Crippen LogP contribution is -2.25. The molecule has 1 aromatic rings. The molecule has 0 bridgehead atoms. The van der Waals surface area contributed by atoms with Crippen LogP contribution in [0.4, 0.5) is 0 Å². The monoisotopic (exact) mass is 221 g/mol. The van der Waals surface area contributed by atoms with Crippen LogP contribution in [0.2, 0.25) is 0 Å². The van der Waals surface area contributed by atoms with Gasteiger partial charge in [0.05, 0.1) is 0 Å². The van der Waals surface area contributed by atoms with E-state index in [2.05, 4.69) is 4.98 Å². The molecule has 0 N–H and O–H groups in total. The Kier molecular flexibility index (Phi) is 3.77. The number of pyridine rings is 1. The topological polar surface area (TPSA) is 56.3 Å². The molecule has 0 unspecified atom stereocenters. The van der Waals surface area contributed by atoms with Gasteiger partial charge in [-0.25, -0.2) is 0 Å². The number of aromatic nitrogens is 1. The highest BCUT2D eigenvalue weighted by molar-refractivity contribution is 6.05. The van der Waals surface area contributed by atoms with Crippen LogP contribution in [-0.2, 0) is 9.53 Å². The van der Waals surface area contributed by atoms with Crippen molar-refractivity contribution in [3.63, 3.8) is 0 Å². The molecule has 1 rings (SSSR count). The molecule has 0 radical (unpaired) electrons. The average Bonchev–Trinajstić information content (AvgIpc) is 2.16. The SMILES string of the molecule is CC(C)(C)OC(=O)CC(=O)c1cccnc1. The van der Waals surface area contributed by atoms with Crippen molar-refractivity contribution in [2.75, 3.05) is 0 Å². The third kappa shape index (κ3) is 4.21. The van der Waals surface area contributed by atoms with Gasteiger partial charge in [0.25, 0.3) is 0 Å². The number of carbonyl (C=O) groups is 2. The van der Waals surface area contributed by atoms with Gasteiger partial charge in [-0.15, -0.1) is 0 Å². The van der Waals surface area contributed by atoms with Gasteiger partial charge in [-0.2, -0.15) is 0 Å². The lowest BCUT2D eigenvalue weighted by Gasteiger charge is -2.19. The molecule has 0 spiro atoms. The van der Waals surface area contributed by atoms with E-state index in [1.807, 2.05) is 0 Å². The van der Waals surface area contributed by atoms with E-state index in [0.717, 1.165) is 0 Å². The lowest BCUT2D eigenvalue weighted by molar-refractivity contribution is -0.153. The van der Waals surface area contributed by atoms with Gasteiger partial charge in [0.2, 0.25) is 0 Å². The zero-order valence-corrected chi connectivity index (χ0v) is 9.69. The molecule has 0 aromatic carbocycles. The maximum Gasteiger partial charge on any atom is 0.314 e. The second kappa shape index (κ2) is 4.88. The molecule has 1 heterocycles. The Morgan fingerprint density at radius 3 is 2.56 bits per heavy atom. The molecule has 1 aromatic heterocycles. The second-order valence-corrected chi connectivity index (χ2v) is 4.43. The summed E-state index contributed by atoms with van der Waals surface area (Å²) in [5.41, 5.74) is -0.139. The number of carbonyl (C=O) groups excluding carboxylic acids is 2. The molecule has 4 nitrogen and oxygen atoms in total. The predicted octanol–water partition coefficient (Wildman–Crippen LogP) is 2.00. The summed E-state index contributed by atoms with van der Waals surface area (Å²) in [6, 6.07) is 3.28. The van der Waals surface area contributed by atoms with E-state index in [1.165, 1.54) is 6.20 Å². The van der Waals surface area contributed by atoms with Crippen LogP contribution in [0.5, 0.6) is 0 Å². The Morgan fingerprint density at radius 2 is 2.06 bits per heavy atom. The molecular weight excluding hydrogens is 206 g/mol. The van der Waals surface area contributed by atoms with Crippen LogP contribution in [0.15, 0.2) is 24.5 Å². The zero-order valence-electron chi connectivity index (χ0n) is 9.69. The van der Waals surface area contributed by atoms with Gasteiger partial charge in [-0.3, -0.25) is 14.6 Å². The number of Topliss-reactive ketones (excluding diaryl/α,β-unsaturated/α-hetero) is 1. The average molecular weight is 221 g/mol. The third-order valence-electron chi connectivity index (χ3n) is 1.71. The van der Waals surface area contributed by atoms with Gasteiger partial charge in [0.15, 0.2) is 5.78 Å². The summed E-state index contributed by atoms with van der Waals surface area (Å²) < 4.78 is 5.05. The Balaban J connectivity index is 2.56. The van der Waals surface area contributed by atoms with Crippen molar-refractivity contribution in [3.05, 3.63) is 30.1 Å². The lowest BCUT2D eigenvalue weighted by atomic mass is 10.1. The molecule has 0 saturated carbocycles. The van der Waals surface area contributed by atoms with Gasteiger partial charge >= 0.3 is 5.97 Å². The number of ketones is 1. The maximum atomic E-state index is 11.6. The van der Waals surface area contributed by atoms with Crippen LogP contribution in [0.1, 0.15) is 37.6 Å². The number of nitrogens with zero attached hydrogens (tertiary/aromatic N) is 1. The zero-order chi connectivity index (χ0) is 12.2. The predicted molar refractivity (Wildman–Crippen MR) is 59.0 cm³/mol. The number of hydrogen-bond acceptors (Lipinski definition) is 4. The molecule has 0 aliphatic carbocycles. The number of rotatable bonds is 3. The first-order valence-electron chi connectivity index (χ1n) is 5.03. The highest BCUT2D eigenvalue weighted by Crippen LogP contribution is 2.10. The van der Waals surface area contributed by atoms with Crippen LogP contribution < -0.4 is 0 Å². The van der Waals surface area contributed by atoms with Crippen LogP contribution in [-0.4, -0.2) is 22.3 Å². The van der Waals surface area contributed by atoms with E-state index in [4.69, 9.17) is 4.74 Å². The van der Waals surface area contributed by atoms with E-state index in [9.17, 15) is 9.59 Å². The highest BCUT2D eigenvalue weighted by Gasteiger charge is 2.19. The number of esters is 1. The largest absolute Gasteiger partial charge is 0.460 e. The summed E-state index contributed by atoms with van der Waals surface area (Å²) in [6.07, 6.45) is 2.76. The minimum absolute atomic E-state index is 0.247. The van der Waals surface area contributed by atoms with Crippen LogP contribution in [0, 0.1) is 0 Å². The Labute approximate surface area is 94.6 Å². The second-order valence-electron chi connectivity index (χ2n) is 4.43. The molecule has 86 valence electrons. The smallest absolute Gasteiger partial charge is 0.314 e. The third-order valence-corrected chi connectivity index (χ3v) is 1.71. The summed E-state index contributed by atoms with van der Waals surface area (Å²) in [5, 5.41) is 0. The van der Waals surface area contributed by atoms with Crippen molar-refractivity contribution in [2.45, 2.75) is 32.8 Å². The van der Waals surface area contributed by atoms with Crippen molar-refractivity contribution in [3.8, 4) is 0 Å². The molecule has 0 fully saturated rings. The molecule has 4 heteroatoms.